The Morgan fingerprint density at radius 3 is 0.937 bits per heavy atom. The van der Waals surface area contributed by atoms with E-state index in [1.165, 1.54) is 161 Å². The first-order valence-electron chi connectivity index (χ1n) is 27.1. The fraction of sp³-hybridized carbons (Fsp3) is 0.807. The predicted octanol–water partition coefficient (Wildman–Crippen LogP) is 17.9. The van der Waals surface area contributed by atoms with Gasteiger partial charge in [-0.1, -0.05) is 223 Å². The molecule has 0 saturated heterocycles. The Kier molecular flexibility index (Phi) is 49.8. The molecule has 63 heavy (non-hydrogen) atoms. The second kappa shape index (κ2) is 52.0. The summed E-state index contributed by atoms with van der Waals surface area (Å²) in [5.41, 5.74) is 0. The van der Waals surface area contributed by atoms with E-state index in [0.717, 1.165) is 77.0 Å². The molecule has 1 atom stereocenters. The average Bonchev–Trinajstić information content (AvgIpc) is 3.28. The second-order valence-corrected chi connectivity index (χ2v) is 18.1. The Balaban J connectivity index is 4.29. The third kappa shape index (κ3) is 50.2. The van der Waals surface area contributed by atoms with Crippen molar-refractivity contribution in [3.05, 3.63) is 48.6 Å². The molecule has 366 valence electrons. The molecule has 0 aliphatic rings. The summed E-state index contributed by atoms with van der Waals surface area (Å²) in [5, 5.41) is 0. The zero-order chi connectivity index (χ0) is 45.8. The second-order valence-electron chi connectivity index (χ2n) is 18.1. The number of carbonyl (C=O) groups is 3. The van der Waals surface area contributed by atoms with Crippen molar-refractivity contribution in [1.29, 1.82) is 0 Å². The summed E-state index contributed by atoms with van der Waals surface area (Å²) in [6, 6.07) is 0. The molecule has 1 unspecified atom stereocenters. The predicted molar refractivity (Wildman–Crippen MR) is 270 cm³/mol. The number of carbonyl (C=O) groups excluding carboxylic acids is 3. The molecule has 0 aromatic heterocycles. The fourth-order valence-electron chi connectivity index (χ4n) is 7.68. The zero-order valence-corrected chi connectivity index (χ0v) is 41.8. The van der Waals surface area contributed by atoms with Gasteiger partial charge in [0, 0.05) is 19.3 Å². The largest absolute Gasteiger partial charge is 0.462 e. The highest BCUT2D eigenvalue weighted by Crippen LogP contribution is 2.15. The van der Waals surface area contributed by atoms with Crippen molar-refractivity contribution in [2.45, 2.75) is 284 Å². The normalized spacial score (nSPS) is 12.4. The van der Waals surface area contributed by atoms with Gasteiger partial charge < -0.3 is 14.2 Å². The van der Waals surface area contributed by atoms with Crippen LogP contribution in [0.3, 0.4) is 0 Å². The average molecular weight is 883 g/mol. The van der Waals surface area contributed by atoms with Gasteiger partial charge >= 0.3 is 17.9 Å². The molecule has 6 nitrogen and oxygen atoms in total. The van der Waals surface area contributed by atoms with Gasteiger partial charge in [-0.15, -0.1) is 0 Å². The topological polar surface area (TPSA) is 78.9 Å². The molecular formula is C57H102O6. The van der Waals surface area contributed by atoms with Crippen LogP contribution in [0.4, 0.5) is 0 Å². The van der Waals surface area contributed by atoms with E-state index in [9.17, 15) is 14.4 Å². The van der Waals surface area contributed by atoms with Crippen LogP contribution in [0.5, 0.6) is 0 Å². The molecule has 0 heterocycles. The van der Waals surface area contributed by atoms with Crippen LogP contribution in [0.25, 0.3) is 0 Å². The SMILES string of the molecule is CCCCC/C=C\C/C=C\C/C=C\CCCCCCCCC(=O)OCC(COC(=O)CCCCCCCCCC)OC(=O)CCCCCCCCC/C=C\CCCCCCCCC. The summed E-state index contributed by atoms with van der Waals surface area (Å²) in [5.74, 6) is -0.891. The van der Waals surface area contributed by atoms with E-state index in [-0.39, 0.29) is 31.1 Å². The highest BCUT2D eigenvalue weighted by molar-refractivity contribution is 5.71. The van der Waals surface area contributed by atoms with Crippen molar-refractivity contribution < 1.29 is 28.6 Å². The number of esters is 3. The van der Waals surface area contributed by atoms with Crippen LogP contribution < -0.4 is 0 Å². The smallest absolute Gasteiger partial charge is 0.306 e. The van der Waals surface area contributed by atoms with Crippen LogP contribution in [-0.2, 0) is 28.6 Å². The molecule has 0 aliphatic heterocycles. The van der Waals surface area contributed by atoms with E-state index in [1.807, 2.05) is 0 Å². The van der Waals surface area contributed by atoms with Crippen LogP contribution in [-0.4, -0.2) is 37.2 Å². The number of hydrogen-bond acceptors (Lipinski definition) is 6. The van der Waals surface area contributed by atoms with Crippen molar-refractivity contribution in [1.82, 2.24) is 0 Å². The van der Waals surface area contributed by atoms with E-state index in [1.54, 1.807) is 0 Å². The van der Waals surface area contributed by atoms with E-state index in [2.05, 4.69) is 69.4 Å². The van der Waals surface area contributed by atoms with Crippen molar-refractivity contribution in [3.8, 4) is 0 Å². The molecule has 0 aromatic rings. The third-order valence-electron chi connectivity index (χ3n) is 11.8. The van der Waals surface area contributed by atoms with E-state index in [4.69, 9.17) is 14.2 Å². The minimum absolute atomic E-state index is 0.0775. The first-order valence-corrected chi connectivity index (χ1v) is 27.1. The maximum atomic E-state index is 12.8. The summed E-state index contributed by atoms with van der Waals surface area (Å²) >= 11 is 0. The van der Waals surface area contributed by atoms with E-state index in [0.29, 0.717) is 19.3 Å². The van der Waals surface area contributed by atoms with Crippen LogP contribution in [0, 0.1) is 0 Å². The molecule has 0 aromatic carbocycles. The molecule has 0 amide bonds. The van der Waals surface area contributed by atoms with Gasteiger partial charge in [0.1, 0.15) is 13.2 Å². The first kappa shape index (κ1) is 60.4. The van der Waals surface area contributed by atoms with Gasteiger partial charge in [-0.05, 0) is 83.5 Å². The molecule has 0 rings (SSSR count). The Labute approximate surface area is 390 Å². The summed E-state index contributed by atoms with van der Waals surface area (Å²) < 4.78 is 16.8. The van der Waals surface area contributed by atoms with E-state index >= 15 is 0 Å². The molecule has 0 spiro atoms. The van der Waals surface area contributed by atoms with Crippen LogP contribution in [0.2, 0.25) is 0 Å². The lowest BCUT2D eigenvalue weighted by molar-refractivity contribution is -0.167. The number of ether oxygens (including phenoxy) is 3. The molecule has 0 N–H and O–H groups in total. The van der Waals surface area contributed by atoms with E-state index < -0.39 is 6.10 Å². The van der Waals surface area contributed by atoms with Crippen molar-refractivity contribution in [2.75, 3.05) is 13.2 Å². The zero-order valence-electron chi connectivity index (χ0n) is 41.8. The highest BCUT2D eigenvalue weighted by atomic mass is 16.6. The minimum Gasteiger partial charge on any atom is -0.462 e. The molecule has 6 heteroatoms. The molecule has 0 saturated carbocycles. The third-order valence-corrected chi connectivity index (χ3v) is 11.8. The maximum absolute atomic E-state index is 12.8. The monoisotopic (exact) mass is 883 g/mol. The standard InChI is InChI=1S/C57H102O6/c1-4-7-10-13-16-19-21-23-25-27-29-31-32-34-36-38-41-44-47-50-56(59)62-53-54(52-61-55(58)49-46-43-40-18-15-12-9-6-3)63-57(60)51-48-45-42-39-37-35-33-30-28-26-24-22-20-17-14-11-8-5-2/h16,19,23,25-26,28-29,31,54H,4-15,17-18,20-22,24,27,30,32-53H2,1-3H3/b19-16-,25-23-,28-26-,31-29-. The molecule has 0 bridgehead atoms. The number of unbranched alkanes of at least 4 members (excludes halogenated alkanes) is 30. The molecule has 0 fully saturated rings. The number of allylic oxidation sites excluding steroid dienone is 8. The van der Waals surface area contributed by atoms with Crippen molar-refractivity contribution >= 4 is 17.9 Å². The summed E-state index contributed by atoms with van der Waals surface area (Å²) in [6.07, 6.45) is 62.5. The Morgan fingerprint density at radius 1 is 0.317 bits per heavy atom. The van der Waals surface area contributed by atoms with Crippen molar-refractivity contribution in [3.63, 3.8) is 0 Å². The summed E-state index contributed by atoms with van der Waals surface area (Å²) in [6.45, 7) is 6.58. The van der Waals surface area contributed by atoms with Crippen LogP contribution >= 0.6 is 0 Å². The van der Waals surface area contributed by atoms with Crippen LogP contribution in [0.15, 0.2) is 48.6 Å². The van der Waals surface area contributed by atoms with Gasteiger partial charge in [-0.3, -0.25) is 14.4 Å². The lowest BCUT2D eigenvalue weighted by Crippen LogP contribution is -2.30. The summed E-state index contributed by atoms with van der Waals surface area (Å²) in [7, 11) is 0. The van der Waals surface area contributed by atoms with Crippen LogP contribution in [0.1, 0.15) is 278 Å². The Morgan fingerprint density at radius 2 is 0.571 bits per heavy atom. The maximum Gasteiger partial charge on any atom is 0.306 e. The lowest BCUT2D eigenvalue weighted by Gasteiger charge is -2.18. The van der Waals surface area contributed by atoms with Gasteiger partial charge in [0.2, 0.25) is 0 Å². The van der Waals surface area contributed by atoms with Gasteiger partial charge in [0.05, 0.1) is 0 Å². The lowest BCUT2D eigenvalue weighted by atomic mass is 10.1. The number of rotatable bonds is 49. The Bertz CT molecular complexity index is 1110. The quantitative estimate of drug-likeness (QED) is 0.0262. The first-order chi connectivity index (χ1) is 31.0. The molecular weight excluding hydrogens is 781 g/mol. The fourth-order valence-corrected chi connectivity index (χ4v) is 7.68. The molecule has 0 radical (unpaired) electrons. The van der Waals surface area contributed by atoms with Gasteiger partial charge in [-0.25, -0.2) is 0 Å². The number of hydrogen-bond donors (Lipinski definition) is 0. The highest BCUT2D eigenvalue weighted by Gasteiger charge is 2.19. The Hall–Kier alpha value is -2.63. The molecule has 0 aliphatic carbocycles. The summed E-state index contributed by atoms with van der Waals surface area (Å²) in [4.78, 5) is 37.9. The van der Waals surface area contributed by atoms with Gasteiger partial charge in [0.15, 0.2) is 6.10 Å². The minimum atomic E-state index is -0.777. The van der Waals surface area contributed by atoms with Gasteiger partial charge in [-0.2, -0.15) is 0 Å². The van der Waals surface area contributed by atoms with Gasteiger partial charge in [0.25, 0.3) is 0 Å². The van der Waals surface area contributed by atoms with Crippen molar-refractivity contribution in [2.24, 2.45) is 0 Å².